The van der Waals surface area contributed by atoms with Crippen LogP contribution in [0.5, 0.6) is 0 Å². The van der Waals surface area contributed by atoms with Crippen molar-refractivity contribution < 1.29 is 9.59 Å². The van der Waals surface area contributed by atoms with Gasteiger partial charge in [-0.25, -0.2) is 0 Å². The highest BCUT2D eigenvalue weighted by atomic mass is 79.9. The lowest BCUT2D eigenvalue weighted by Gasteiger charge is -2.15. The highest BCUT2D eigenvalue weighted by Gasteiger charge is 2.36. The van der Waals surface area contributed by atoms with Crippen molar-refractivity contribution >= 4 is 33.4 Å². The molecule has 0 aliphatic carbocycles. The minimum absolute atomic E-state index is 0.110. The molecule has 2 rings (SSSR count). The monoisotopic (exact) mass is 281 g/mol. The number of carbonyl (C=O) groups excluding carboxylic acids is 2. The minimum Gasteiger partial charge on any atom is -0.274 e. The maximum Gasteiger partial charge on any atom is 0.237 e. The van der Waals surface area contributed by atoms with Crippen molar-refractivity contribution in [2.24, 2.45) is 5.92 Å². The van der Waals surface area contributed by atoms with Crippen LogP contribution in [0.4, 0.5) is 5.69 Å². The fourth-order valence-corrected chi connectivity index (χ4v) is 2.14. The fourth-order valence-electron chi connectivity index (χ4n) is 1.78. The molecule has 1 aromatic rings. The molecule has 84 valence electrons. The fraction of sp³-hybridized carbons (Fsp3) is 0.333. The third-order valence-corrected chi connectivity index (χ3v) is 3.64. The maximum atomic E-state index is 11.8. The minimum atomic E-state index is -0.201. The molecular weight excluding hydrogens is 270 g/mol. The summed E-state index contributed by atoms with van der Waals surface area (Å²) in [6.45, 7) is 3.74. The van der Waals surface area contributed by atoms with E-state index in [1.807, 2.05) is 19.1 Å². The van der Waals surface area contributed by atoms with E-state index in [2.05, 4.69) is 15.9 Å². The predicted octanol–water partition coefficient (Wildman–Crippen LogP) is 2.66. The van der Waals surface area contributed by atoms with E-state index >= 15 is 0 Å². The van der Waals surface area contributed by atoms with Gasteiger partial charge in [0.2, 0.25) is 11.8 Å². The van der Waals surface area contributed by atoms with Gasteiger partial charge in [0.05, 0.1) is 5.69 Å². The lowest BCUT2D eigenvalue weighted by molar-refractivity contribution is -0.122. The second kappa shape index (κ2) is 4.01. The smallest absolute Gasteiger partial charge is 0.237 e. The molecule has 1 heterocycles. The van der Waals surface area contributed by atoms with E-state index in [0.29, 0.717) is 12.1 Å². The molecule has 0 radical (unpaired) electrons. The molecule has 0 saturated carbocycles. The summed E-state index contributed by atoms with van der Waals surface area (Å²) in [6.07, 6.45) is 0.310. The Morgan fingerprint density at radius 1 is 1.38 bits per heavy atom. The zero-order valence-corrected chi connectivity index (χ0v) is 10.7. The van der Waals surface area contributed by atoms with Crippen molar-refractivity contribution in [3.8, 4) is 0 Å². The van der Waals surface area contributed by atoms with Gasteiger partial charge in [-0.05, 0) is 24.6 Å². The molecule has 1 saturated heterocycles. The summed E-state index contributed by atoms with van der Waals surface area (Å²) in [5.74, 6) is -0.429. The number of hydrogen-bond acceptors (Lipinski definition) is 2. The SMILES string of the molecule is Cc1ccc(N2C(=O)CC(C)C2=O)cc1Br. The van der Waals surface area contributed by atoms with Gasteiger partial charge in [-0.1, -0.05) is 28.9 Å². The molecular formula is C12H12BrNO2. The summed E-state index contributed by atoms with van der Waals surface area (Å²) in [4.78, 5) is 24.8. The molecule has 1 aliphatic heterocycles. The summed E-state index contributed by atoms with van der Waals surface area (Å²) in [5, 5.41) is 0. The van der Waals surface area contributed by atoms with Gasteiger partial charge < -0.3 is 0 Å². The summed E-state index contributed by atoms with van der Waals surface area (Å²) >= 11 is 3.40. The standard InChI is InChI=1S/C12H12BrNO2/c1-7-3-4-9(6-10(7)13)14-11(15)5-8(2)12(14)16/h3-4,6,8H,5H2,1-2H3. The van der Waals surface area contributed by atoms with Crippen LogP contribution in [0.25, 0.3) is 0 Å². The third-order valence-electron chi connectivity index (χ3n) is 2.79. The van der Waals surface area contributed by atoms with E-state index in [0.717, 1.165) is 10.0 Å². The number of benzene rings is 1. The zero-order chi connectivity index (χ0) is 11.9. The van der Waals surface area contributed by atoms with Gasteiger partial charge >= 0.3 is 0 Å². The first kappa shape index (κ1) is 11.3. The van der Waals surface area contributed by atoms with Crippen molar-refractivity contribution in [2.45, 2.75) is 20.3 Å². The molecule has 1 fully saturated rings. The Hall–Kier alpha value is -1.16. The first-order valence-electron chi connectivity index (χ1n) is 5.13. The van der Waals surface area contributed by atoms with Gasteiger partial charge in [-0.2, -0.15) is 0 Å². The Kier molecular flexibility index (Phi) is 2.84. The lowest BCUT2D eigenvalue weighted by Crippen LogP contribution is -2.29. The Bertz CT molecular complexity index is 470. The summed E-state index contributed by atoms with van der Waals surface area (Å²) in [7, 11) is 0. The largest absolute Gasteiger partial charge is 0.274 e. The molecule has 0 N–H and O–H groups in total. The predicted molar refractivity (Wildman–Crippen MR) is 65.2 cm³/mol. The van der Waals surface area contributed by atoms with Crippen molar-refractivity contribution in [1.82, 2.24) is 0 Å². The topological polar surface area (TPSA) is 37.4 Å². The number of carbonyl (C=O) groups is 2. The number of halogens is 1. The van der Waals surface area contributed by atoms with Crippen LogP contribution in [-0.2, 0) is 9.59 Å². The number of nitrogens with zero attached hydrogens (tertiary/aromatic N) is 1. The molecule has 1 aromatic carbocycles. The number of rotatable bonds is 1. The van der Waals surface area contributed by atoms with Gasteiger partial charge in [-0.3, -0.25) is 14.5 Å². The second-order valence-corrected chi connectivity index (χ2v) is 4.96. The van der Waals surface area contributed by atoms with Crippen molar-refractivity contribution in [1.29, 1.82) is 0 Å². The average molecular weight is 282 g/mol. The van der Waals surface area contributed by atoms with Crippen LogP contribution in [0.1, 0.15) is 18.9 Å². The average Bonchev–Trinajstić information content (AvgIpc) is 2.47. The Morgan fingerprint density at radius 3 is 2.56 bits per heavy atom. The summed E-state index contributed by atoms with van der Waals surface area (Å²) < 4.78 is 0.908. The van der Waals surface area contributed by atoms with Crippen molar-refractivity contribution in [3.05, 3.63) is 28.2 Å². The Labute approximate surface area is 103 Å². The molecule has 1 aliphatic rings. The molecule has 3 nitrogen and oxygen atoms in total. The number of amides is 2. The number of hydrogen-bond donors (Lipinski definition) is 0. The van der Waals surface area contributed by atoms with Crippen LogP contribution in [-0.4, -0.2) is 11.8 Å². The van der Waals surface area contributed by atoms with E-state index in [1.165, 1.54) is 4.90 Å². The molecule has 1 unspecified atom stereocenters. The summed E-state index contributed by atoms with van der Waals surface area (Å²) in [6, 6.07) is 5.50. The number of imide groups is 1. The normalized spacial score (nSPS) is 20.7. The van der Waals surface area contributed by atoms with Crippen LogP contribution >= 0.6 is 15.9 Å². The van der Waals surface area contributed by atoms with Gasteiger partial charge in [0.15, 0.2) is 0 Å². The zero-order valence-electron chi connectivity index (χ0n) is 9.16. The van der Waals surface area contributed by atoms with E-state index < -0.39 is 0 Å². The van der Waals surface area contributed by atoms with Gasteiger partial charge in [0.1, 0.15) is 0 Å². The number of aryl methyl sites for hydroxylation is 1. The van der Waals surface area contributed by atoms with Crippen LogP contribution in [0, 0.1) is 12.8 Å². The first-order chi connectivity index (χ1) is 7.50. The maximum absolute atomic E-state index is 11.8. The van der Waals surface area contributed by atoms with E-state index in [-0.39, 0.29) is 17.7 Å². The third kappa shape index (κ3) is 1.78. The van der Waals surface area contributed by atoms with Crippen molar-refractivity contribution in [3.63, 3.8) is 0 Å². The van der Waals surface area contributed by atoms with E-state index in [4.69, 9.17) is 0 Å². The van der Waals surface area contributed by atoms with Gasteiger partial charge in [0.25, 0.3) is 0 Å². The highest BCUT2D eigenvalue weighted by molar-refractivity contribution is 9.10. The molecule has 16 heavy (non-hydrogen) atoms. The highest BCUT2D eigenvalue weighted by Crippen LogP contribution is 2.29. The van der Waals surface area contributed by atoms with Crippen LogP contribution in [0.2, 0.25) is 0 Å². The van der Waals surface area contributed by atoms with Crippen LogP contribution in [0.15, 0.2) is 22.7 Å². The molecule has 0 bridgehead atoms. The Balaban J connectivity index is 2.41. The van der Waals surface area contributed by atoms with Gasteiger partial charge in [0, 0.05) is 16.8 Å². The molecule has 0 spiro atoms. The van der Waals surface area contributed by atoms with Gasteiger partial charge in [-0.15, -0.1) is 0 Å². The molecule has 0 aromatic heterocycles. The lowest BCUT2D eigenvalue weighted by atomic mass is 10.1. The van der Waals surface area contributed by atoms with Crippen LogP contribution < -0.4 is 4.90 Å². The molecule has 4 heteroatoms. The molecule has 2 amide bonds. The second-order valence-electron chi connectivity index (χ2n) is 4.11. The number of anilines is 1. The van der Waals surface area contributed by atoms with Crippen molar-refractivity contribution in [2.75, 3.05) is 4.90 Å². The first-order valence-corrected chi connectivity index (χ1v) is 5.93. The summed E-state index contributed by atoms with van der Waals surface area (Å²) in [5.41, 5.74) is 1.73. The Morgan fingerprint density at radius 2 is 2.06 bits per heavy atom. The quantitative estimate of drug-likeness (QED) is 0.743. The molecule has 1 atom stereocenters. The van der Waals surface area contributed by atoms with Crippen LogP contribution in [0.3, 0.4) is 0 Å². The van der Waals surface area contributed by atoms with E-state index in [9.17, 15) is 9.59 Å². The van der Waals surface area contributed by atoms with E-state index in [1.54, 1.807) is 13.0 Å².